The van der Waals surface area contributed by atoms with Crippen LogP contribution < -0.4 is 4.74 Å². The van der Waals surface area contributed by atoms with E-state index in [9.17, 15) is 13.9 Å². The van der Waals surface area contributed by atoms with Crippen molar-refractivity contribution in [1.29, 1.82) is 0 Å². The highest BCUT2D eigenvalue weighted by Crippen LogP contribution is 2.47. The van der Waals surface area contributed by atoms with E-state index in [0.717, 1.165) is 12.1 Å². The predicted molar refractivity (Wildman–Crippen MR) is 46.0 cm³/mol. The standard InChI is InChI=1S/C10H10F2O2/c1-14-6-4-7(11)9(8(12)5-6)10(13)2-3-10/h4-5,13H,2-3H2,1H3. The predicted octanol–water partition coefficient (Wildman–Crippen LogP) is 1.95. The number of benzene rings is 1. The van der Waals surface area contributed by atoms with Crippen LogP contribution in [0.3, 0.4) is 0 Å². The molecule has 4 heteroatoms. The molecule has 0 spiro atoms. The van der Waals surface area contributed by atoms with E-state index >= 15 is 0 Å². The van der Waals surface area contributed by atoms with Crippen molar-refractivity contribution < 1.29 is 18.6 Å². The zero-order valence-corrected chi connectivity index (χ0v) is 7.68. The van der Waals surface area contributed by atoms with E-state index < -0.39 is 17.2 Å². The first-order valence-electron chi connectivity index (χ1n) is 4.33. The van der Waals surface area contributed by atoms with Crippen LogP contribution in [-0.4, -0.2) is 12.2 Å². The van der Waals surface area contributed by atoms with Crippen molar-refractivity contribution in [3.8, 4) is 5.75 Å². The van der Waals surface area contributed by atoms with Crippen LogP contribution in [-0.2, 0) is 5.60 Å². The molecule has 0 heterocycles. The Morgan fingerprint density at radius 2 is 1.79 bits per heavy atom. The molecule has 2 nitrogen and oxygen atoms in total. The van der Waals surface area contributed by atoms with Gasteiger partial charge in [0.15, 0.2) is 0 Å². The first-order valence-corrected chi connectivity index (χ1v) is 4.33. The molecule has 76 valence electrons. The molecule has 1 saturated carbocycles. The minimum Gasteiger partial charge on any atom is -0.497 e. The van der Waals surface area contributed by atoms with Crippen LogP contribution in [0.5, 0.6) is 5.75 Å². The molecule has 0 aromatic heterocycles. The highest BCUT2D eigenvalue weighted by molar-refractivity contribution is 5.36. The van der Waals surface area contributed by atoms with Crippen molar-refractivity contribution in [2.45, 2.75) is 18.4 Å². The van der Waals surface area contributed by atoms with E-state index in [0.29, 0.717) is 12.8 Å². The van der Waals surface area contributed by atoms with Crippen molar-refractivity contribution in [3.63, 3.8) is 0 Å². The van der Waals surface area contributed by atoms with Gasteiger partial charge in [-0.25, -0.2) is 8.78 Å². The van der Waals surface area contributed by atoms with Gasteiger partial charge < -0.3 is 9.84 Å². The Bertz CT molecular complexity index is 349. The second-order valence-electron chi connectivity index (χ2n) is 3.50. The van der Waals surface area contributed by atoms with Crippen molar-refractivity contribution in [2.24, 2.45) is 0 Å². The molecule has 1 fully saturated rings. The SMILES string of the molecule is COc1cc(F)c(C2(O)CC2)c(F)c1. The summed E-state index contributed by atoms with van der Waals surface area (Å²) in [5.74, 6) is -1.38. The van der Waals surface area contributed by atoms with Crippen LogP contribution in [0, 0.1) is 11.6 Å². The zero-order chi connectivity index (χ0) is 10.3. The van der Waals surface area contributed by atoms with E-state index in [1.165, 1.54) is 7.11 Å². The molecule has 1 aliphatic rings. The number of halogens is 2. The van der Waals surface area contributed by atoms with Crippen LogP contribution in [0.2, 0.25) is 0 Å². The summed E-state index contributed by atoms with van der Waals surface area (Å²) in [5.41, 5.74) is -1.53. The summed E-state index contributed by atoms with van der Waals surface area (Å²) in [5, 5.41) is 9.60. The Balaban J connectivity index is 2.50. The largest absolute Gasteiger partial charge is 0.497 e. The lowest BCUT2D eigenvalue weighted by molar-refractivity contribution is 0.141. The number of hydrogen-bond acceptors (Lipinski definition) is 2. The second kappa shape index (κ2) is 2.92. The molecule has 0 saturated heterocycles. The number of methoxy groups -OCH3 is 1. The third-order valence-electron chi connectivity index (χ3n) is 2.44. The van der Waals surface area contributed by atoms with Gasteiger partial charge in [-0.2, -0.15) is 0 Å². The minimum absolute atomic E-state index is 0.119. The van der Waals surface area contributed by atoms with Crippen molar-refractivity contribution in [2.75, 3.05) is 7.11 Å². The summed E-state index contributed by atoms with van der Waals surface area (Å²) < 4.78 is 31.4. The third kappa shape index (κ3) is 1.35. The van der Waals surface area contributed by atoms with Gasteiger partial charge in [0, 0.05) is 12.1 Å². The summed E-state index contributed by atoms with van der Waals surface area (Å²) in [6, 6.07) is 2.16. The van der Waals surface area contributed by atoms with Crippen LogP contribution in [0.25, 0.3) is 0 Å². The van der Waals surface area contributed by atoms with E-state index in [4.69, 9.17) is 4.74 Å². The quantitative estimate of drug-likeness (QED) is 0.790. The number of ether oxygens (including phenoxy) is 1. The molecular formula is C10H10F2O2. The molecule has 0 atom stereocenters. The molecule has 1 aromatic carbocycles. The molecule has 14 heavy (non-hydrogen) atoms. The van der Waals surface area contributed by atoms with Gasteiger partial charge in [-0.1, -0.05) is 0 Å². The second-order valence-corrected chi connectivity index (χ2v) is 3.50. The molecule has 1 aliphatic carbocycles. The van der Waals surface area contributed by atoms with Gasteiger partial charge in [-0.05, 0) is 12.8 Å². The Kier molecular flexibility index (Phi) is 1.96. The maximum Gasteiger partial charge on any atom is 0.135 e. The zero-order valence-electron chi connectivity index (χ0n) is 7.68. The first-order chi connectivity index (χ1) is 6.57. The van der Waals surface area contributed by atoms with E-state index in [2.05, 4.69) is 0 Å². The molecular weight excluding hydrogens is 190 g/mol. The summed E-state index contributed by atoms with van der Waals surface area (Å²) >= 11 is 0. The number of aliphatic hydroxyl groups is 1. The third-order valence-corrected chi connectivity index (χ3v) is 2.44. The van der Waals surface area contributed by atoms with Crippen molar-refractivity contribution in [3.05, 3.63) is 29.3 Å². The fourth-order valence-corrected chi connectivity index (χ4v) is 1.48. The van der Waals surface area contributed by atoms with Gasteiger partial charge in [0.25, 0.3) is 0 Å². The van der Waals surface area contributed by atoms with E-state index in [-0.39, 0.29) is 11.3 Å². The number of hydrogen-bond donors (Lipinski definition) is 1. The molecule has 0 amide bonds. The highest BCUT2D eigenvalue weighted by atomic mass is 19.1. The molecule has 0 radical (unpaired) electrons. The van der Waals surface area contributed by atoms with Gasteiger partial charge >= 0.3 is 0 Å². The Labute approximate surface area is 80.1 Å². The van der Waals surface area contributed by atoms with Crippen LogP contribution >= 0.6 is 0 Å². The summed E-state index contributed by atoms with van der Waals surface area (Å²) in [4.78, 5) is 0. The Morgan fingerprint density at radius 3 is 2.14 bits per heavy atom. The van der Waals surface area contributed by atoms with Crippen LogP contribution in [0.4, 0.5) is 8.78 Å². The first kappa shape index (κ1) is 9.40. The summed E-state index contributed by atoms with van der Waals surface area (Å²) in [7, 11) is 1.33. The van der Waals surface area contributed by atoms with Crippen LogP contribution in [0.1, 0.15) is 18.4 Å². The van der Waals surface area contributed by atoms with Gasteiger partial charge in [-0.15, -0.1) is 0 Å². The van der Waals surface area contributed by atoms with Crippen molar-refractivity contribution in [1.82, 2.24) is 0 Å². The Morgan fingerprint density at radius 1 is 1.29 bits per heavy atom. The van der Waals surface area contributed by atoms with Gasteiger partial charge in [0.2, 0.25) is 0 Å². The van der Waals surface area contributed by atoms with E-state index in [1.54, 1.807) is 0 Å². The summed E-state index contributed by atoms with van der Waals surface area (Å²) in [6.07, 6.45) is 0.820. The smallest absolute Gasteiger partial charge is 0.135 e. The lowest BCUT2D eigenvalue weighted by Gasteiger charge is -2.11. The normalized spacial score (nSPS) is 18.0. The van der Waals surface area contributed by atoms with Gasteiger partial charge in [0.05, 0.1) is 18.3 Å². The molecule has 2 rings (SSSR count). The lowest BCUT2D eigenvalue weighted by Crippen LogP contribution is -2.10. The molecule has 0 unspecified atom stereocenters. The molecule has 0 aliphatic heterocycles. The lowest BCUT2D eigenvalue weighted by atomic mass is 10.1. The molecule has 1 aromatic rings. The molecule has 1 N–H and O–H groups in total. The Hall–Kier alpha value is -1.16. The van der Waals surface area contributed by atoms with Gasteiger partial charge in [0.1, 0.15) is 17.4 Å². The van der Waals surface area contributed by atoms with Gasteiger partial charge in [-0.3, -0.25) is 0 Å². The maximum absolute atomic E-state index is 13.4. The fraction of sp³-hybridized carbons (Fsp3) is 0.400. The van der Waals surface area contributed by atoms with Crippen LogP contribution in [0.15, 0.2) is 12.1 Å². The minimum atomic E-state index is -1.29. The molecule has 0 bridgehead atoms. The maximum atomic E-state index is 13.4. The van der Waals surface area contributed by atoms with E-state index in [1.807, 2.05) is 0 Å². The monoisotopic (exact) mass is 200 g/mol. The topological polar surface area (TPSA) is 29.5 Å². The highest BCUT2D eigenvalue weighted by Gasteiger charge is 2.46. The summed E-state index contributed by atoms with van der Waals surface area (Å²) in [6.45, 7) is 0. The van der Waals surface area contributed by atoms with Crippen molar-refractivity contribution >= 4 is 0 Å². The average Bonchev–Trinajstić information content (AvgIpc) is 2.82. The fourth-order valence-electron chi connectivity index (χ4n) is 1.48. The average molecular weight is 200 g/mol. The number of rotatable bonds is 2.